The van der Waals surface area contributed by atoms with Crippen molar-refractivity contribution in [2.24, 2.45) is 0 Å². The van der Waals surface area contributed by atoms with Gasteiger partial charge in [-0.3, -0.25) is 14.9 Å². The minimum absolute atomic E-state index is 0.198. The maximum atomic E-state index is 12.0. The molecule has 88 valence electrons. The number of hydrogen-bond donors (Lipinski definition) is 2. The number of carbonyl (C=O) groups excluding carboxylic acids is 1. The summed E-state index contributed by atoms with van der Waals surface area (Å²) >= 11 is 0. The van der Waals surface area contributed by atoms with Crippen LogP contribution in [0, 0.1) is 10.1 Å². The maximum absolute atomic E-state index is 12.0. The minimum Gasteiger partial charge on any atom is -0.364 e. The zero-order valence-electron chi connectivity index (χ0n) is 8.97. The molecule has 1 saturated heterocycles. The van der Waals surface area contributed by atoms with Gasteiger partial charge in [-0.1, -0.05) is 30.3 Å². The summed E-state index contributed by atoms with van der Waals surface area (Å²) in [5, 5.41) is 16.5. The van der Waals surface area contributed by atoms with E-state index in [1.807, 2.05) is 0 Å². The zero-order chi connectivity index (χ0) is 12.3. The Morgan fingerprint density at radius 1 is 1.18 bits per heavy atom. The lowest BCUT2D eigenvalue weighted by molar-refractivity contribution is -0.418. The fourth-order valence-electron chi connectivity index (χ4n) is 1.62. The molecule has 0 unspecified atom stereocenters. The first-order chi connectivity index (χ1) is 8.20. The number of benzene rings is 1. The van der Waals surface area contributed by atoms with E-state index in [0.717, 1.165) is 0 Å². The number of nitrogens with zero attached hydrogens (tertiary/aromatic N) is 1. The minimum atomic E-state index is -0.657. The molecule has 0 aliphatic carbocycles. The highest BCUT2D eigenvalue weighted by molar-refractivity contribution is 6.07. The zero-order valence-corrected chi connectivity index (χ0v) is 8.97. The lowest BCUT2D eigenvalue weighted by Gasteiger charge is -2.03. The molecular formula is C11H11N3O3. The average Bonchev–Trinajstić information content (AvgIpc) is 2.83. The van der Waals surface area contributed by atoms with Crippen molar-refractivity contribution in [2.45, 2.75) is 0 Å². The molecule has 1 heterocycles. The Labute approximate surface area is 97.5 Å². The molecule has 0 aromatic heterocycles. The highest BCUT2D eigenvalue weighted by Crippen LogP contribution is 2.12. The molecule has 0 amide bonds. The van der Waals surface area contributed by atoms with Crippen LogP contribution in [0.25, 0.3) is 0 Å². The van der Waals surface area contributed by atoms with Crippen molar-refractivity contribution in [3.05, 3.63) is 57.5 Å². The van der Waals surface area contributed by atoms with Crippen LogP contribution in [-0.2, 0) is 0 Å². The van der Waals surface area contributed by atoms with E-state index >= 15 is 0 Å². The van der Waals surface area contributed by atoms with Gasteiger partial charge in [-0.05, 0) is 0 Å². The number of rotatable bonds is 3. The van der Waals surface area contributed by atoms with Crippen LogP contribution >= 0.6 is 0 Å². The summed E-state index contributed by atoms with van der Waals surface area (Å²) in [7, 11) is 0. The van der Waals surface area contributed by atoms with Crippen molar-refractivity contribution in [1.29, 1.82) is 0 Å². The van der Waals surface area contributed by atoms with Gasteiger partial charge in [-0.15, -0.1) is 0 Å². The number of nitrogens with one attached hydrogen (secondary N) is 2. The smallest absolute Gasteiger partial charge is 0.356 e. The molecule has 0 atom stereocenters. The summed E-state index contributed by atoms with van der Waals surface area (Å²) in [6.07, 6.45) is 0. The van der Waals surface area contributed by atoms with Crippen LogP contribution in [0.2, 0.25) is 0 Å². The number of Topliss-reactive ketones (excluding diaryl/α,β-unsaturated/α-hetero) is 1. The second-order valence-corrected chi connectivity index (χ2v) is 3.53. The van der Waals surface area contributed by atoms with Gasteiger partial charge in [-0.25, -0.2) is 0 Å². The summed E-state index contributed by atoms with van der Waals surface area (Å²) < 4.78 is 0. The fourth-order valence-corrected chi connectivity index (χ4v) is 1.62. The highest BCUT2D eigenvalue weighted by atomic mass is 16.6. The van der Waals surface area contributed by atoms with Crippen molar-refractivity contribution in [1.82, 2.24) is 10.6 Å². The van der Waals surface area contributed by atoms with E-state index in [2.05, 4.69) is 10.6 Å². The third kappa shape index (κ3) is 2.25. The van der Waals surface area contributed by atoms with E-state index in [-0.39, 0.29) is 5.82 Å². The molecule has 17 heavy (non-hydrogen) atoms. The molecule has 0 spiro atoms. The van der Waals surface area contributed by atoms with Crippen LogP contribution < -0.4 is 10.6 Å². The van der Waals surface area contributed by atoms with Crippen LogP contribution in [-0.4, -0.2) is 23.8 Å². The van der Waals surface area contributed by atoms with Crippen LogP contribution in [0.5, 0.6) is 0 Å². The first-order valence-electron chi connectivity index (χ1n) is 5.16. The molecular weight excluding hydrogens is 222 g/mol. The van der Waals surface area contributed by atoms with Gasteiger partial charge in [0.2, 0.25) is 0 Å². The molecule has 0 saturated carbocycles. The van der Waals surface area contributed by atoms with Gasteiger partial charge in [0, 0.05) is 18.7 Å². The predicted octanol–water partition coefficient (Wildman–Crippen LogP) is 0.508. The Hall–Kier alpha value is -2.37. The lowest BCUT2D eigenvalue weighted by Crippen LogP contribution is -2.23. The van der Waals surface area contributed by atoms with Gasteiger partial charge >= 0.3 is 5.70 Å². The SMILES string of the molecule is O=C(C(=C1NCCN1)[N+](=O)[O-])c1ccccc1. The van der Waals surface area contributed by atoms with Crippen LogP contribution in [0.15, 0.2) is 41.8 Å². The third-order valence-corrected chi connectivity index (χ3v) is 2.40. The fraction of sp³-hybridized carbons (Fsp3) is 0.182. The molecule has 1 aromatic carbocycles. The Balaban J connectivity index is 2.39. The van der Waals surface area contributed by atoms with Crippen LogP contribution in [0.3, 0.4) is 0 Å². The predicted molar refractivity (Wildman–Crippen MR) is 60.8 cm³/mol. The van der Waals surface area contributed by atoms with Crippen LogP contribution in [0.4, 0.5) is 0 Å². The first-order valence-corrected chi connectivity index (χ1v) is 5.16. The summed E-state index contributed by atoms with van der Waals surface area (Å²) in [6, 6.07) is 8.21. The molecule has 1 aromatic rings. The molecule has 1 aliphatic heterocycles. The monoisotopic (exact) mass is 233 g/mol. The second kappa shape index (κ2) is 4.65. The molecule has 1 aliphatic rings. The van der Waals surface area contributed by atoms with Gasteiger partial charge in [0.05, 0.1) is 4.92 Å². The number of ketones is 1. The van der Waals surface area contributed by atoms with Crippen molar-refractivity contribution in [3.63, 3.8) is 0 Å². The normalized spacial score (nSPS) is 13.8. The summed E-state index contributed by atoms with van der Waals surface area (Å²) in [6.45, 7) is 1.16. The molecule has 1 fully saturated rings. The largest absolute Gasteiger partial charge is 0.364 e. The van der Waals surface area contributed by atoms with Crippen molar-refractivity contribution in [3.8, 4) is 0 Å². The molecule has 0 radical (unpaired) electrons. The standard InChI is InChI=1S/C11H11N3O3/c15-10(8-4-2-1-3-5-8)9(14(16)17)11-12-6-7-13-11/h1-5,12-13H,6-7H2. The summed E-state index contributed by atoms with van der Waals surface area (Å²) in [4.78, 5) is 22.3. The Morgan fingerprint density at radius 2 is 1.76 bits per heavy atom. The number of allylic oxidation sites excluding steroid dienone is 1. The van der Waals surface area contributed by atoms with Gasteiger partial charge in [-0.2, -0.15) is 0 Å². The van der Waals surface area contributed by atoms with E-state index in [1.54, 1.807) is 30.3 Å². The van der Waals surface area contributed by atoms with Crippen molar-refractivity contribution in [2.75, 3.05) is 13.1 Å². The first kappa shape index (κ1) is 11.1. The lowest BCUT2D eigenvalue weighted by atomic mass is 10.1. The molecule has 2 rings (SSSR count). The summed E-state index contributed by atoms with van der Waals surface area (Å²) in [5.74, 6) is -0.392. The quantitative estimate of drug-likeness (QED) is 0.344. The maximum Gasteiger partial charge on any atom is 0.356 e. The molecule has 6 nitrogen and oxygen atoms in total. The van der Waals surface area contributed by atoms with E-state index < -0.39 is 16.4 Å². The highest BCUT2D eigenvalue weighted by Gasteiger charge is 2.30. The van der Waals surface area contributed by atoms with E-state index in [4.69, 9.17) is 0 Å². The Morgan fingerprint density at radius 3 is 2.29 bits per heavy atom. The van der Waals surface area contributed by atoms with Gasteiger partial charge in [0.1, 0.15) is 0 Å². The van der Waals surface area contributed by atoms with Crippen molar-refractivity contribution >= 4 is 5.78 Å². The van der Waals surface area contributed by atoms with Crippen LogP contribution in [0.1, 0.15) is 10.4 Å². The van der Waals surface area contributed by atoms with E-state index in [9.17, 15) is 14.9 Å². The third-order valence-electron chi connectivity index (χ3n) is 2.40. The second-order valence-electron chi connectivity index (χ2n) is 3.53. The van der Waals surface area contributed by atoms with Crippen molar-refractivity contribution < 1.29 is 9.72 Å². The van der Waals surface area contributed by atoms with E-state index in [0.29, 0.717) is 18.7 Å². The topological polar surface area (TPSA) is 84.3 Å². The number of hydrogen-bond acceptors (Lipinski definition) is 5. The molecule has 6 heteroatoms. The van der Waals surface area contributed by atoms with E-state index in [1.165, 1.54) is 0 Å². The van der Waals surface area contributed by atoms with Gasteiger partial charge in [0.15, 0.2) is 5.82 Å². The molecule has 0 bridgehead atoms. The Bertz CT molecular complexity index is 474. The number of carbonyl (C=O) groups is 1. The summed E-state index contributed by atoms with van der Waals surface area (Å²) in [5.41, 5.74) is -0.129. The Kier molecular flexibility index (Phi) is 3.04. The number of nitro groups is 1. The van der Waals surface area contributed by atoms with Gasteiger partial charge in [0.25, 0.3) is 5.78 Å². The van der Waals surface area contributed by atoms with Gasteiger partial charge < -0.3 is 10.6 Å². The average molecular weight is 233 g/mol. The molecule has 2 N–H and O–H groups in total.